The SMILES string of the molecule is Cc1ccc(OCC(=O)NC(CCO)c2ccccc2)cc1. The highest BCUT2D eigenvalue weighted by atomic mass is 16.5. The molecular weight excluding hydrogens is 278 g/mol. The van der Waals surface area contributed by atoms with Crippen molar-refractivity contribution in [2.24, 2.45) is 0 Å². The zero-order valence-corrected chi connectivity index (χ0v) is 12.7. The van der Waals surface area contributed by atoms with E-state index in [9.17, 15) is 4.79 Å². The highest BCUT2D eigenvalue weighted by Gasteiger charge is 2.14. The van der Waals surface area contributed by atoms with E-state index in [4.69, 9.17) is 9.84 Å². The van der Waals surface area contributed by atoms with Crippen molar-refractivity contribution in [3.05, 3.63) is 65.7 Å². The summed E-state index contributed by atoms with van der Waals surface area (Å²) in [6.07, 6.45) is 0.473. The van der Waals surface area contributed by atoms with Crippen LogP contribution in [0.4, 0.5) is 0 Å². The fourth-order valence-electron chi connectivity index (χ4n) is 2.16. The minimum atomic E-state index is -0.208. The Morgan fingerprint density at radius 1 is 1.14 bits per heavy atom. The Hall–Kier alpha value is -2.33. The van der Waals surface area contributed by atoms with Gasteiger partial charge in [-0.15, -0.1) is 0 Å². The molecule has 2 N–H and O–H groups in total. The molecule has 4 nitrogen and oxygen atoms in total. The topological polar surface area (TPSA) is 58.6 Å². The van der Waals surface area contributed by atoms with E-state index in [1.54, 1.807) is 0 Å². The Morgan fingerprint density at radius 3 is 2.45 bits per heavy atom. The van der Waals surface area contributed by atoms with Gasteiger partial charge in [0.2, 0.25) is 0 Å². The van der Waals surface area contributed by atoms with Crippen molar-refractivity contribution in [3.63, 3.8) is 0 Å². The van der Waals surface area contributed by atoms with E-state index in [0.717, 1.165) is 11.1 Å². The molecule has 1 unspecified atom stereocenters. The van der Waals surface area contributed by atoms with Crippen LogP contribution in [0, 0.1) is 6.92 Å². The Labute approximate surface area is 130 Å². The highest BCUT2D eigenvalue weighted by molar-refractivity contribution is 5.78. The van der Waals surface area contributed by atoms with Crippen molar-refractivity contribution >= 4 is 5.91 Å². The average Bonchev–Trinajstić information content (AvgIpc) is 2.55. The second-order valence-electron chi connectivity index (χ2n) is 5.14. The normalized spacial score (nSPS) is 11.7. The molecule has 0 fully saturated rings. The van der Waals surface area contributed by atoms with Gasteiger partial charge in [0.15, 0.2) is 6.61 Å². The summed E-state index contributed by atoms with van der Waals surface area (Å²) in [6, 6.07) is 16.9. The summed E-state index contributed by atoms with van der Waals surface area (Å²) < 4.78 is 5.46. The maximum atomic E-state index is 12.0. The van der Waals surface area contributed by atoms with Crippen molar-refractivity contribution in [2.75, 3.05) is 13.2 Å². The summed E-state index contributed by atoms with van der Waals surface area (Å²) in [5, 5.41) is 12.1. The number of ether oxygens (including phenoxy) is 1. The largest absolute Gasteiger partial charge is 0.484 e. The number of carbonyl (C=O) groups excluding carboxylic acids is 1. The molecule has 2 aromatic rings. The number of nitrogens with one attached hydrogen (secondary N) is 1. The van der Waals surface area contributed by atoms with Gasteiger partial charge in [0, 0.05) is 6.61 Å². The highest BCUT2D eigenvalue weighted by Crippen LogP contribution is 2.16. The van der Waals surface area contributed by atoms with E-state index >= 15 is 0 Å². The van der Waals surface area contributed by atoms with Gasteiger partial charge in [0.25, 0.3) is 5.91 Å². The molecule has 0 aliphatic rings. The Morgan fingerprint density at radius 2 is 1.82 bits per heavy atom. The van der Waals surface area contributed by atoms with E-state index in [0.29, 0.717) is 12.2 Å². The van der Waals surface area contributed by atoms with E-state index in [2.05, 4.69) is 5.32 Å². The van der Waals surface area contributed by atoms with Crippen LogP contribution in [-0.4, -0.2) is 24.2 Å². The van der Waals surface area contributed by atoms with Gasteiger partial charge in [-0.1, -0.05) is 48.0 Å². The van der Waals surface area contributed by atoms with Gasteiger partial charge in [0.05, 0.1) is 6.04 Å². The molecule has 1 atom stereocenters. The van der Waals surface area contributed by atoms with E-state index in [1.807, 2.05) is 61.5 Å². The molecular formula is C18H21NO3. The van der Waals surface area contributed by atoms with Crippen LogP contribution in [0.5, 0.6) is 5.75 Å². The molecule has 0 saturated heterocycles. The molecule has 0 spiro atoms. The molecule has 22 heavy (non-hydrogen) atoms. The number of benzene rings is 2. The zero-order chi connectivity index (χ0) is 15.8. The number of aryl methyl sites for hydroxylation is 1. The number of amides is 1. The molecule has 0 saturated carbocycles. The molecule has 116 valence electrons. The smallest absolute Gasteiger partial charge is 0.258 e. The lowest BCUT2D eigenvalue weighted by molar-refractivity contribution is -0.123. The fourth-order valence-corrected chi connectivity index (χ4v) is 2.16. The third-order valence-corrected chi connectivity index (χ3v) is 3.35. The average molecular weight is 299 g/mol. The van der Waals surface area contributed by atoms with E-state index < -0.39 is 0 Å². The minimum absolute atomic E-state index is 0.0126. The monoisotopic (exact) mass is 299 g/mol. The van der Waals surface area contributed by atoms with Gasteiger partial charge < -0.3 is 15.2 Å². The van der Waals surface area contributed by atoms with Crippen LogP contribution < -0.4 is 10.1 Å². The fraction of sp³-hybridized carbons (Fsp3) is 0.278. The quantitative estimate of drug-likeness (QED) is 0.826. The van der Waals surface area contributed by atoms with Crippen molar-refractivity contribution < 1.29 is 14.6 Å². The first-order valence-electron chi connectivity index (χ1n) is 7.33. The van der Waals surface area contributed by atoms with Gasteiger partial charge in [-0.3, -0.25) is 4.79 Å². The van der Waals surface area contributed by atoms with Gasteiger partial charge in [0.1, 0.15) is 5.75 Å². The molecule has 2 rings (SSSR count). The minimum Gasteiger partial charge on any atom is -0.484 e. The van der Waals surface area contributed by atoms with Crippen LogP contribution in [0.25, 0.3) is 0 Å². The summed E-state index contributed by atoms with van der Waals surface area (Å²) in [5.74, 6) is 0.460. The van der Waals surface area contributed by atoms with Crippen LogP contribution in [0.3, 0.4) is 0 Å². The second-order valence-corrected chi connectivity index (χ2v) is 5.14. The summed E-state index contributed by atoms with van der Waals surface area (Å²) in [4.78, 5) is 12.0. The second kappa shape index (κ2) is 8.20. The first-order valence-corrected chi connectivity index (χ1v) is 7.33. The standard InChI is InChI=1S/C18H21NO3/c1-14-7-9-16(10-8-14)22-13-18(21)19-17(11-12-20)15-5-3-2-4-6-15/h2-10,17,20H,11-13H2,1H3,(H,19,21). The molecule has 0 heterocycles. The van der Waals surface area contributed by atoms with Crippen molar-refractivity contribution in [1.29, 1.82) is 0 Å². The molecule has 2 aromatic carbocycles. The van der Waals surface area contributed by atoms with E-state index in [1.165, 1.54) is 0 Å². The lowest BCUT2D eigenvalue weighted by atomic mass is 10.0. The van der Waals surface area contributed by atoms with Gasteiger partial charge >= 0.3 is 0 Å². The number of hydrogen-bond donors (Lipinski definition) is 2. The first-order chi connectivity index (χ1) is 10.7. The molecule has 0 radical (unpaired) electrons. The molecule has 0 aromatic heterocycles. The summed E-state index contributed by atoms with van der Waals surface area (Å²) in [5.41, 5.74) is 2.11. The summed E-state index contributed by atoms with van der Waals surface area (Å²) in [6.45, 7) is 1.96. The summed E-state index contributed by atoms with van der Waals surface area (Å²) in [7, 11) is 0. The van der Waals surface area contributed by atoms with E-state index in [-0.39, 0.29) is 25.2 Å². The summed E-state index contributed by atoms with van der Waals surface area (Å²) >= 11 is 0. The molecule has 0 aliphatic carbocycles. The van der Waals surface area contributed by atoms with Crippen LogP contribution >= 0.6 is 0 Å². The molecule has 1 amide bonds. The lowest BCUT2D eigenvalue weighted by Gasteiger charge is -2.18. The third kappa shape index (κ3) is 4.90. The number of carbonyl (C=O) groups is 1. The van der Waals surface area contributed by atoms with Crippen LogP contribution in [0.1, 0.15) is 23.6 Å². The Bertz CT molecular complexity index is 581. The predicted molar refractivity (Wildman–Crippen MR) is 85.7 cm³/mol. The first kappa shape index (κ1) is 16.0. The lowest BCUT2D eigenvalue weighted by Crippen LogP contribution is -2.33. The number of hydrogen-bond acceptors (Lipinski definition) is 3. The predicted octanol–water partition coefficient (Wildman–Crippen LogP) is 2.61. The van der Waals surface area contributed by atoms with Gasteiger partial charge in [-0.05, 0) is 31.0 Å². The van der Waals surface area contributed by atoms with Crippen LogP contribution in [0.2, 0.25) is 0 Å². The maximum absolute atomic E-state index is 12.0. The van der Waals surface area contributed by atoms with Crippen molar-refractivity contribution in [3.8, 4) is 5.75 Å². The van der Waals surface area contributed by atoms with Crippen molar-refractivity contribution in [1.82, 2.24) is 5.32 Å². The Kier molecular flexibility index (Phi) is 5.98. The van der Waals surface area contributed by atoms with Gasteiger partial charge in [-0.2, -0.15) is 0 Å². The molecule has 0 aliphatic heterocycles. The van der Waals surface area contributed by atoms with Crippen molar-refractivity contribution in [2.45, 2.75) is 19.4 Å². The maximum Gasteiger partial charge on any atom is 0.258 e. The zero-order valence-electron chi connectivity index (χ0n) is 12.7. The number of rotatable bonds is 7. The third-order valence-electron chi connectivity index (χ3n) is 3.35. The molecule has 4 heteroatoms. The van der Waals surface area contributed by atoms with Gasteiger partial charge in [-0.25, -0.2) is 0 Å². The molecule has 0 bridgehead atoms. The van der Waals surface area contributed by atoms with Crippen LogP contribution in [0.15, 0.2) is 54.6 Å². The van der Waals surface area contributed by atoms with Crippen LogP contribution in [-0.2, 0) is 4.79 Å². The Balaban J connectivity index is 1.89. The number of aliphatic hydroxyl groups excluding tert-OH is 1. The number of aliphatic hydroxyl groups is 1.